The number of hydrogen-bond donors (Lipinski definition) is 1. The van der Waals surface area contributed by atoms with E-state index >= 15 is 0 Å². The molecule has 4 rings (SSSR count). The molecule has 2 amide bonds. The van der Waals surface area contributed by atoms with Crippen LogP contribution in [-0.4, -0.2) is 29.3 Å². The molecule has 2 heterocycles. The summed E-state index contributed by atoms with van der Waals surface area (Å²) in [7, 11) is 0. The summed E-state index contributed by atoms with van der Waals surface area (Å²) in [5.74, 6) is 0.181. The van der Waals surface area contributed by atoms with E-state index in [4.69, 9.17) is 0 Å². The highest BCUT2D eigenvalue weighted by molar-refractivity contribution is 5.98. The Balaban J connectivity index is 1.56. The maximum atomic E-state index is 13.3. The van der Waals surface area contributed by atoms with Gasteiger partial charge in [0.25, 0.3) is 0 Å². The topological polar surface area (TPSA) is 52.7 Å². The first-order chi connectivity index (χ1) is 13.8. The van der Waals surface area contributed by atoms with Crippen molar-refractivity contribution in [2.45, 2.75) is 52.7 Å². The monoisotopic (exact) mass is 391 g/mol. The van der Waals surface area contributed by atoms with Crippen LogP contribution in [0.3, 0.4) is 0 Å². The fraction of sp³-hybridized carbons (Fsp3) is 0.417. The van der Waals surface area contributed by atoms with Crippen molar-refractivity contribution in [3.63, 3.8) is 0 Å². The van der Waals surface area contributed by atoms with Crippen LogP contribution >= 0.6 is 0 Å². The lowest BCUT2D eigenvalue weighted by atomic mass is 9.95. The van der Waals surface area contributed by atoms with E-state index in [-0.39, 0.29) is 17.9 Å². The third-order valence-corrected chi connectivity index (χ3v) is 5.80. The molecule has 0 bridgehead atoms. The van der Waals surface area contributed by atoms with Crippen molar-refractivity contribution in [1.82, 2.24) is 4.90 Å². The van der Waals surface area contributed by atoms with Crippen LogP contribution in [-0.2, 0) is 22.7 Å². The summed E-state index contributed by atoms with van der Waals surface area (Å²) in [5.41, 5.74) is 3.61. The van der Waals surface area contributed by atoms with Gasteiger partial charge in [-0.1, -0.05) is 51.1 Å². The molecule has 2 aromatic carbocycles. The SMILES string of the molecule is CC(C)(C)C(=O)Nc1ccc(CN2C(=O)[C@@H]3CCCN3Cc3ccccc32)cc1. The van der Waals surface area contributed by atoms with Gasteiger partial charge in [0, 0.05) is 23.3 Å². The quantitative estimate of drug-likeness (QED) is 0.854. The molecular formula is C24H29N3O2. The largest absolute Gasteiger partial charge is 0.326 e. The number of carbonyl (C=O) groups excluding carboxylic acids is 2. The van der Waals surface area contributed by atoms with Gasteiger partial charge >= 0.3 is 0 Å². The molecule has 5 nitrogen and oxygen atoms in total. The molecule has 2 aromatic rings. The average molecular weight is 392 g/mol. The zero-order chi connectivity index (χ0) is 20.6. The van der Waals surface area contributed by atoms with Gasteiger partial charge < -0.3 is 10.2 Å². The summed E-state index contributed by atoms with van der Waals surface area (Å²) in [6.45, 7) is 8.04. The predicted molar refractivity (Wildman–Crippen MR) is 116 cm³/mol. The highest BCUT2D eigenvalue weighted by Crippen LogP contribution is 2.33. The molecular weight excluding hydrogens is 362 g/mol. The van der Waals surface area contributed by atoms with Gasteiger partial charge in [0.15, 0.2) is 0 Å². The molecule has 0 saturated carbocycles. The zero-order valence-corrected chi connectivity index (χ0v) is 17.4. The van der Waals surface area contributed by atoms with E-state index in [0.717, 1.165) is 42.9 Å². The normalized spacial score (nSPS) is 19.5. The molecule has 0 spiro atoms. The summed E-state index contributed by atoms with van der Waals surface area (Å²) in [4.78, 5) is 29.8. The molecule has 29 heavy (non-hydrogen) atoms. The van der Waals surface area contributed by atoms with E-state index in [2.05, 4.69) is 16.3 Å². The molecule has 2 aliphatic rings. The van der Waals surface area contributed by atoms with E-state index in [1.165, 1.54) is 5.56 Å². The van der Waals surface area contributed by atoms with Gasteiger partial charge in [-0.2, -0.15) is 0 Å². The molecule has 1 N–H and O–H groups in total. The Hall–Kier alpha value is -2.66. The predicted octanol–water partition coefficient (Wildman–Crippen LogP) is 4.18. The van der Waals surface area contributed by atoms with Gasteiger partial charge in [0.1, 0.15) is 0 Å². The summed E-state index contributed by atoms with van der Waals surface area (Å²) in [6.07, 6.45) is 2.01. The second-order valence-electron chi connectivity index (χ2n) is 9.08. The maximum absolute atomic E-state index is 13.3. The molecule has 1 saturated heterocycles. The minimum atomic E-state index is -0.436. The van der Waals surface area contributed by atoms with Gasteiger partial charge in [-0.05, 0) is 48.7 Å². The van der Waals surface area contributed by atoms with Crippen LogP contribution in [0.15, 0.2) is 48.5 Å². The van der Waals surface area contributed by atoms with Crippen molar-refractivity contribution in [2.75, 3.05) is 16.8 Å². The summed E-state index contributed by atoms with van der Waals surface area (Å²) >= 11 is 0. The molecule has 1 fully saturated rings. The van der Waals surface area contributed by atoms with Gasteiger partial charge in [0.2, 0.25) is 11.8 Å². The van der Waals surface area contributed by atoms with Crippen LogP contribution in [0.5, 0.6) is 0 Å². The first-order valence-electron chi connectivity index (χ1n) is 10.4. The van der Waals surface area contributed by atoms with Crippen LogP contribution in [0.2, 0.25) is 0 Å². The fourth-order valence-electron chi connectivity index (χ4n) is 4.08. The zero-order valence-electron chi connectivity index (χ0n) is 17.4. The first-order valence-corrected chi connectivity index (χ1v) is 10.4. The third kappa shape index (κ3) is 4.06. The second-order valence-corrected chi connectivity index (χ2v) is 9.08. The summed E-state index contributed by atoms with van der Waals surface area (Å²) in [5, 5.41) is 2.95. The van der Waals surface area contributed by atoms with Gasteiger partial charge in [-0.25, -0.2) is 0 Å². The number of rotatable bonds is 3. The Kier molecular flexibility index (Phi) is 5.17. The smallest absolute Gasteiger partial charge is 0.244 e. The minimum Gasteiger partial charge on any atom is -0.326 e. The van der Waals surface area contributed by atoms with Crippen molar-refractivity contribution < 1.29 is 9.59 Å². The highest BCUT2D eigenvalue weighted by Gasteiger charge is 2.37. The summed E-state index contributed by atoms with van der Waals surface area (Å²) in [6, 6.07) is 16.0. The van der Waals surface area contributed by atoms with E-state index < -0.39 is 5.41 Å². The lowest BCUT2D eigenvalue weighted by molar-refractivity contribution is -0.123. The van der Waals surface area contributed by atoms with Gasteiger partial charge in [-0.15, -0.1) is 0 Å². The molecule has 152 valence electrons. The van der Waals surface area contributed by atoms with Gasteiger partial charge in [-0.3, -0.25) is 14.5 Å². The number of fused-ring (bicyclic) bond motifs is 2. The number of anilines is 2. The number of nitrogens with zero attached hydrogens (tertiary/aromatic N) is 2. The van der Waals surface area contributed by atoms with Crippen LogP contribution in [0.4, 0.5) is 11.4 Å². The number of para-hydroxylation sites is 1. The Morgan fingerprint density at radius 3 is 2.55 bits per heavy atom. The fourth-order valence-corrected chi connectivity index (χ4v) is 4.08. The molecule has 1 atom stereocenters. The van der Waals surface area contributed by atoms with Crippen molar-refractivity contribution in [2.24, 2.45) is 5.41 Å². The molecule has 0 unspecified atom stereocenters. The van der Waals surface area contributed by atoms with Crippen LogP contribution in [0.1, 0.15) is 44.7 Å². The Labute approximate surface area is 172 Å². The molecule has 0 aliphatic carbocycles. The van der Waals surface area contributed by atoms with E-state index in [1.54, 1.807) is 0 Å². The lowest BCUT2D eigenvalue weighted by Crippen LogP contribution is -2.42. The number of hydrogen-bond acceptors (Lipinski definition) is 3. The molecule has 2 aliphatic heterocycles. The molecule has 5 heteroatoms. The molecule has 0 radical (unpaired) electrons. The summed E-state index contributed by atoms with van der Waals surface area (Å²) < 4.78 is 0. The van der Waals surface area contributed by atoms with Crippen molar-refractivity contribution >= 4 is 23.2 Å². The molecule has 0 aromatic heterocycles. The van der Waals surface area contributed by atoms with Crippen LogP contribution in [0, 0.1) is 5.41 Å². The number of benzene rings is 2. The first kappa shape index (κ1) is 19.6. The Morgan fingerprint density at radius 1 is 1.10 bits per heavy atom. The lowest BCUT2D eigenvalue weighted by Gasteiger charge is -2.26. The Bertz CT molecular complexity index is 914. The van der Waals surface area contributed by atoms with Crippen molar-refractivity contribution in [3.8, 4) is 0 Å². The minimum absolute atomic E-state index is 0.0109. The van der Waals surface area contributed by atoms with Crippen LogP contribution in [0.25, 0.3) is 0 Å². The van der Waals surface area contributed by atoms with E-state index in [0.29, 0.717) is 6.54 Å². The van der Waals surface area contributed by atoms with Crippen molar-refractivity contribution in [3.05, 3.63) is 59.7 Å². The number of carbonyl (C=O) groups is 2. The standard InChI is InChI=1S/C24H29N3O2/c1-24(2,3)23(29)25-19-12-10-17(11-13-19)15-27-20-8-5-4-7-18(20)16-26-14-6-9-21(26)22(27)28/h4-5,7-8,10-13,21H,6,9,14-16H2,1-3H3,(H,25,29)/t21-/m0/s1. The highest BCUT2D eigenvalue weighted by atomic mass is 16.2. The van der Waals surface area contributed by atoms with E-state index in [9.17, 15) is 9.59 Å². The second kappa shape index (κ2) is 7.64. The third-order valence-electron chi connectivity index (χ3n) is 5.80. The average Bonchev–Trinajstić information content (AvgIpc) is 3.11. The van der Waals surface area contributed by atoms with Crippen molar-refractivity contribution in [1.29, 1.82) is 0 Å². The van der Waals surface area contributed by atoms with Crippen LogP contribution < -0.4 is 10.2 Å². The number of amides is 2. The number of nitrogens with one attached hydrogen (secondary N) is 1. The Morgan fingerprint density at radius 2 is 1.83 bits per heavy atom. The van der Waals surface area contributed by atoms with E-state index in [1.807, 2.05) is 68.1 Å². The maximum Gasteiger partial charge on any atom is 0.244 e. The van der Waals surface area contributed by atoms with Gasteiger partial charge in [0.05, 0.1) is 12.6 Å².